The lowest BCUT2D eigenvalue weighted by atomic mass is 10.2. The minimum absolute atomic E-state index is 0.110. The standard InChI is InChI=1S/C17H13FN6O/c18-14-6-3-5-12(10-14)17-21-23-24(22-17)9-8-16(25)20-15-7-2-1-4-13(15)11-19/h1-7,10H,8-9H2,(H,20,25). The number of carbonyl (C=O) groups excluding carboxylic acids is 1. The average Bonchev–Trinajstić information content (AvgIpc) is 3.09. The van der Waals surface area contributed by atoms with Crippen molar-refractivity contribution in [3.63, 3.8) is 0 Å². The van der Waals surface area contributed by atoms with Gasteiger partial charge in [-0.2, -0.15) is 10.1 Å². The van der Waals surface area contributed by atoms with Crippen LogP contribution >= 0.6 is 0 Å². The van der Waals surface area contributed by atoms with Gasteiger partial charge in [-0.1, -0.05) is 24.3 Å². The van der Waals surface area contributed by atoms with Gasteiger partial charge >= 0.3 is 0 Å². The zero-order chi connectivity index (χ0) is 17.6. The maximum atomic E-state index is 13.2. The van der Waals surface area contributed by atoms with Gasteiger partial charge in [0.15, 0.2) is 0 Å². The van der Waals surface area contributed by atoms with Crippen LogP contribution in [0.2, 0.25) is 0 Å². The number of halogens is 1. The van der Waals surface area contributed by atoms with Crippen molar-refractivity contribution >= 4 is 11.6 Å². The third-order valence-corrected chi connectivity index (χ3v) is 3.40. The van der Waals surface area contributed by atoms with E-state index in [1.54, 1.807) is 36.4 Å². The van der Waals surface area contributed by atoms with Crippen LogP contribution in [0.1, 0.15) is 12.0 Å². The Morgan fingerprint density at radius 2 is 2.08 bits per heavy atom. The average molecular weight is 336 g/mol. The van der Waals surface area contributed by atoms with E-state index in [1.165, 1.54) is 16.9 Å². The highest BCUT2D eigenvalue weighted by molar-refractivity contribution is 5.91. The van der Waals surface area contributed by atoms with Gasteiger partial charge in [0.2, 0.25) is 11.7 Å². The first-order valence-corrected chi connectivity index (χ1v) is 7.48. The van der Waals surface area contributed by atoms with Crippen molar-refractivity contribution in [2.24, 2.45) is 0 Å². The second-order valence-electron chi connectivity index (χ2n) is 5.17. The molecule has 1 heterocycles. The first-order chi connectivity index (χ1) is 12.2. The van der Waals surface area contributed by atoms with E-state index in [0.717, 1.165) is 0 Å². The van der Waals surface area contributed by atoms with Crippen LogP contribution in [0.5, 0.6) is 0 Å². The molecule has 2 aromatic carbocycles. The van der Waals surface area contributed by atoms with E-state index in [9.17, 15) is 9.18 Å². The molecule has 0 aliphatic heterocycles. The van der Waals surface area contributed by atoms with Gasteiger partial charge in [-0.15, -0.1) is 10.2 Å². The Hall–Kier alpha value is -3.60. The van der Waals surface area contributed by atoms with Crippen molar-refractivity contribution in [1.29, 1.82) is 5.26 Å². The summed E-state index contributed by atoms with van der Waals surface area (Å²) in [5, 5.41) is 23.5. The first kappa shape index (κ1) is 16.3. The smallest absolute Gasteiger partial charge is 0.226 e. The molecule has 0 atom stereocenters. The highest BCUT2D eigenvalue weighted by Gasteiger charge is 2.10. The van der Waals surface area contributed by atoms with Gasteiger partial charge in [0.1, 0.15) is 11.9 Å². The SMILES string of the molecule is N#Cc1ccccc1NC(=O)CCn1nnc(-c2cccc(F)c2)n1. The second-order valence-corrected chi connectivity index (χ2v) is 5.17. The van der Waals surface area contributed by atoms with Gasteiger partial charge in [0.25, 0.3) is 0 Å². The van der Waals surface area contributed by atoms with Gasteiger partial charge in [0.05, 0.1) is 17.8 Å². The minimum Gasteiger partial charge on any atom is -0.325 e. The lowest BCUT2D eigenvalue weighted by molar-refractivity contribution is -0.116. The summed E-state index contributed by atoms with van der Waals surface area (Å²) in [5.41, 5.74) is 1.36. The number of nitrogens with one attached hydrogen (secondary N) is 1. The van der Waals surface area contributed by atoms with Crippen LogP contribution in [-0.2, 0) is 11.3 Å². The number of benzene rings is 2. The number of carbonyl (C=O) groups is 1. The monoisotopic (exact) mass is 336 g/mol. The quantitative estimate of drug-likeness (QED) is 0.771. The number of nitriles is 1. The summed E-state index contributed by atoms with van der Waals surface area (Å²) in [6.07, 6.45) is 0.110. The molecule has 1 aromatic heterocycles. The Kier molecular flexibility index (Phi) is 4.76. The third kappa shape index (κ3) is 4.03. The van der Waals surface area contributed by atoms with Crippen LogP contribution in [0.15, 0.2) is 48.5 Å². The van der Waals surface area contributed by atoms with Crippen molar-refractivity contribution in [1.82, 2.24) is 20.2 Å². The number of hydrogen-bond donors (Lipinski definition) is 1. The summed E-state index contributed by atoms with van der Waals surface area (Å²) in [6, 6.07) is 14.6. The van der Waals surface area contributed by atoms with Crippen molar-refractivity contribution in [2.45, 2.75) is 13.0 Å². The number of aromatic nitrogens is 4. The fraction of sp³-hybridized carbons (Fsp3) is 0.118. The Morgan fingerprint density at radius 3 is 2.88 bits per heavy atom. The highest BCUT2D eigenvalue weighted by atomic mass is 19.1. The van der Waals surface area contributed by atoms with Crippen molar-refractivity contribution in [2.75, 3.05) is 5.32 Å². The number of hydrogen-bond acceptors (Lipinski definition) is 5. The van der Waals surface area contributed by atoms with Crippen LogP contribution in [-0.4, -0.2) is 26.1 Å². The molecule has 3 rings (SSSR count). The van der Waals surface area contributed by atoms with Gasteiger partial charge in [-0.25, -0.2) is 4.39 Å². The van der Waals surface area contributed by atoms with E-state index in [-0.39, 0.29) is 30.5 Å². The van der Waals surface area contributed by atoms with E-state index in [0.29, 0.717) is 16.8 Å². The molecule has 0 radical (unpaired) electrons. The molecule has 0 aliphatic carbocycles. The van der Waals surface area contributed by atoms with Gasteiger partial charge < -0.3 is 5.32 Å². The van der Waals surface area contributed by atoms with E-state index >= 15 is 0 Å². The molecule has 0 bridgehead atoms. The molecule has 0 saturated heterocycles. The number of rotatable bonds is 5. The molecule has 0 fully saturated rings. The predicted molar refractivity (Wildman–Crippen MR) is 87.6 cm³/mol. The number of anilines is 1. The summed E-state index contributed by atoms with van der Waals surface area (Å²) >= 11 is 0. The number of para-hydroxylation sites is 1. The van der Waals surface area contributed by atoms with E-state index < -0.39 is 0 Å². The van der Waals surface area contributed by atoms with Crippen molar-refractivity contribution in [3.8, 4) is 17.5 Å². The number of nitrogens with zero attached hydrogens (tertiary/aromatic N) is 5. The molecule has 1 N–H and O–H groups in total. The lowest BCUT2D eigenvalue weighted by Crippen LogP contribution is -2.16. The van der Waals surface area contributed by atoms with E-state index in [2.05, 4.69) is 20.7 Å². The fourth-order valence-corrected chi connectivity index (χ4v) is 2.18. The van der Waals surface area contributed by atoms with Crippen LogP contribution in [0.25, 0.3) is 11.4 Å². The summed E-state index contributed by atoms with van der Waals surface area (Å²) in [5.74, 6) is -0.369. The zero-order valence-corrected chi connectivity index (χ0v) is 13.1. The Morgan fingerprint density at radius 1 is 1.24 bits per heavy atom. The zero-order valence-electron chi connectivity index (χ0n) is 13.1. The lowest BCUT2D eigenvalue weighted by Gasteiger charge is -2.06. The molecular weight excluding hydrogens is 323 g/mol. The topological polar surface area (TPSA) is 96.5 Å². The van der Waals surface area contributed by atoms with E-state index in [4.69, 9.17) is 5.26 Å². The van der Waals surface area contributed by atoms with Crippen LogP contribution in [0.3, 0.4) is 0 Å². The first-order valence-electron chi connectivity index (χ1n) is 7.48. The highest BCUT2D eigenvalue weighted by Crippen LogP contribution is 2.15. The van der Waals surface area contributed by atoms with Crippen molar-refractivity contribution < 1.29 is 9.18 Å². The molecule has 0 saturated carbocycles. The molecule has 25 heavy (non-hydrogen) atoms. The van der Waals surface area contributed by atoms with Crippen LogP contribution in [0, 0.1) is 17.1 Å². The molecule has 0 spiro atoms. The normalized spacial score (nSPS) is 10.2. The summed E-state index contributed by atoms with van der Waals surface area (Å²) in [6.45, 7) is 0.211. The largest absolute Gasteiger partial charge is 0.325 e. The predicted octanol–water partition coefficient (Wildman–Crippen LogP) is 2.38. The number of aryl methyl sites for hydroxylation is 1. The number of tetrazole rings is 1. The Labute approximate surface area is 142 Å². The molecule has 3 aromatic rings. The Bertz CT molecular complexity index is 946. The Balaban J connectivity index is 1.61. The molecule has 0 unspecified atom stereocenters. The molecule has 1 amide bonds. The molecule has 8 heteroatoms. The van der Waals surface area contributed by atoms with E-state index in [1.807, 2.05) is 6.07 Å². The maximum absolute atomic E-state index is 13.2. The molecule has 0 aliphatic rings. The second kappa shape index (κ2) is 7.31. The molecule has 7 nitrogen and oxygen atoms in total. The summed E-state index contributed by atoms with van der Waals surface area (Å²) in [4.78, 5) is 13.3. The van der Waals surface area contributed by atoms with Gasteiger partial charge in [-0.3, -0.25) is 4.79 Å². The van der Waals surface area contributed by atoms with Gasteiger partial charge in [-0.05, 0) is 29.5 Å². The molecule has 124 valence electrons. The minimum atomic E-state index is -0.385. The van der Waals surface area contributed by atoms with Crippen molar-refractivity contribution in [3.05, 3.63) is 59.9 Å². The van der Waals surface area contributed by atoms with Crippen LogP contribution in [0.4, 0.5) is 10.1 Å². The van der Waals surface area contributed by atoms with Gasteiger partial charge in [0, 0.05) is 12.0 Å². The fourth-order valence-electron chi connectivity index (χ4n) is 2.18. The molecular formula is C17H13FN6O. The maximum Gasteiger partial charge on any atom is 0.226 e. The third-order valence-electron chi connectivity index (χ3n) is 3.40. The van der Waals surface area contributed by atoms with Crippen LogP contribution < -0.4 is 5.32 Å². The summed E-state index contributed by atoms with van der Waals surface area (Å²) in [7, 11) is 0. The summed E-state index contributed by atoms with van der Waals surface area (Å²) < 4.78 is 13.2. The number of amides is 1.